The SMILES string of the molecule is CCC1(CC)CC(=CC(=O)Nc2ccc3c(c2)NC(=O)N(C[C@H](C)O)C3)c2ccc(C(F)(F)F)cc2O1. The number of carbonyl (C=O) groups excluding carboxylic acids is 2. The molecule has 0 radical (unpaired) electrons. The highest BCUT2D eigenvalue weighted by atomic mass is 19.4. The van der Waals surface area contributed by atoms with Crippen LogP contribution in [0.2, 0.25) is 0 Å². The van der Waals surface area contributed by atoms with Crippen LogP contribution in [0.1, 0.15) is 56.7 Å². The Hall–Kier alpha value is -3.53. The molecule has 4 rings (SSSR count). The smallest absolute Gasteiger partial charge is 0.416 e. The van der Waals surface area contributed by atoms with E-state index in [1.54, 1.807) is 25.1 Å². The van der Waals surface area contributed by atoms with Crippen LogP contribution in [0.3, 0.4) is 0 Å². The number of nitrogens with zero attached hydrogens (tertiary/aromatic N) is 1. The summed E-state index contributed by atoms with van der Waals surface area (Å²) in [6.45, 7) is 5.95. The van der Waals surface area contributed by atoms with Gasteiger partial charge in [-0.25, -0.2) is 4.79 Å². The van der Waals surface area contributed by atoms with E-state index in [1.165, 1.54) is 17.0 Å². The first-order valence-corrected chi connectivity index (χ1v) is 12.2. The molecule has 2 aliphatic heterocycles. The van der Waals surface area contributed by atoms with Gasteiger partial charge in [-0.05, 0) is 55.2 Å². The van der Waals surface area contributed by atoms with Crippen molar-refractivity contribution in [2.75, 3.05) is 17.2 Å². The number of alkyl halides is 3. The van der Waals surface area contributed by atoms with E-state index in [1.807, 2.05) is 13.8 Å². The van der Waals surface area contributed by atoms with Crippen LogP contribution in [0.15, 0.2) is 42.5 Å². The molecule has 0 aliphatic carbocycles. The second kappa shape index (κ2) is 10.1. The van der Waals surface area contributed by atoms with Crippen LogP contribution in [0.5, 0.6) is 5.75 Å². The third-order valence-electron chi connectivity index (χ3n) is 6.84. The number of anilines is 2. The molecule has 0 saturated heterocycles. The van der Waals surface area contributed by atoms with Crippen molar-refractivity contribution in [1.29, 1.82) is 0 Å². The van der Waals surface area contributed by atoms with E-state index < -0.39 is 29.4 Å². The average Bonchev–Trinajstić information content (AvgIpc) is 2.83. The summed E-state index contributed by atoms with van der Waals surface area (Å²) < 4.78 is 46.0. The first-order valence-electron chi connectivity index (χ1n) is 12.2. The number of ether oxygens (including phenoxy) is 1. The van der Waals surface area contributed by atoms with Crippen molar-refractivity contribution >= 4 is 28.9 Å². The largest absolute Gasteiger partial charge is 0.486 e. The molecule has 7 nitrogen and oxygen atoms in total. The van der Waals surface area contributed by atoms with Crippen LogP contribution in [-0.4, -0.2) is 40.2 Å². The number of amides is 3. The van der Waals surface area contributed by atoms with Gasteiger partial charge in [0.2, 0.25) is 5.91 Å². The zero-order valence-electron chi connectivity index (χ0n) is 20.9. The monoisotopic (exact) mass is 517 g/mol. The number of urea groups is 1. The van der Waals surface area contributed by atoms with E-state index >= 15 is 0 Å². The van der Waals surface area contributed by atoms with Crippen molar-refractivity contribution in [3.8, 4) is 5.75 Å². The minimum atomic E-state index is -4.51. The molecule has 3 amide bonds. The van der Waals surface area contributed by atoms with Crippen molar-refractivity contribution in [1.82, 2.24) is 4.90 Å². The Morgan fingerprint density at radius 1 is 1.24 bits per heavy atom. The van der Waals surface area contributed by atoms with Crippen LogP contribution < -0.4 is 15.4 Å². The Morgan fingerprint density at radius 3 is 2.62 bits per heavy atom. The zero-order valence-corrected chi connectivity index (χ0v) is 20.9. The molecule has 2 heterocycles. The third kappa shape index (κ3) is 5.74. The fourth-order valence-corrected chi connectivity index (χ4v) is 4.72. The number of halogens is 3. The molecule has 2 aliphatic rings. The van der Waals surface area contributed by atoms with Gasteiger partial charge in [0, 0.05) is 42.5 Å². The highest BCUT2D eigenvalue weighted by molar-refractivity contribution is 6.05. The zero-order chi connectivity index (χ0) is 27.0. The van der Waals surface area contributed by atoms with Gasteiger partial charge in [0.25, 0.3) is 0 Å². The fourth-order valence-electron chi connectivity index (χ4n) is 4.72. The van der Waals surface area contributed by atoms with Crippen molar-refractivity contribution in [2.45, 2.75) is 64.5 Å². The normalized spacial score (nSPS) is 18.4. The number of rotatable bonds is 6. The van der Waals surface area contributed by atoms with Crippen LogP contribution in [-0.2, 0) is 17.5 Å². The molecule has 0 spiro atoms. The molecule has 0 fully saturated rings. The number of hydrogen-bond donors (Lipinski definition) is 3. The summed E-state index contributed by atoms with van der Waals surface area (Å²) in [6, 6.07) is 8.14. The molecule has 198 valence electrons. The lowest BCUT2D eigenvalue weighted by Crippen LogP contribution is -2.42. The van der Waals surface area contributed by atoms with Gasteiger partial charge in [-0.15, -0.1) is 0 Å². The van der Waals surface area contributed by atoms with Crippen molar-refractivity contribution in [3.63, 3.8) is 0 Å². The summed E-state index contributed by atoms with van der Waals surface area (Å²) in [5, 5.41) is 15.1. The molecule has 0 saturated carbocycles. The van der Waals surface area contributed by atoms with Gasteiger partial charge in [-0.2, -0.15) is 13.2 Å². The molecule has 0 unspecified atom stereocenters. The van der Waals surface area contributed by atoms with Crippen LogP contribution >= 0.6 is 0 Å². The van der Waals surface area contributed by atoms with E-state index in [-0.39, 0.29) is 18.3 Å². The van der Waals surface area contributed by atoms with E-state index in [4.69, 9.17) is 4.74 Å². The number of carbonyl (C=O) groups is 2. The lowest BCUT2D eigenvalue weighted by molar-refractivity contribution is -0.137. The lowest BCUT2D eigenvalue weighted by Gasteiger charge is -2.39. The van der Waals surface area contributed by atoms with Crippen LogP contribution in [0.4, 0.5) is 29.3 Å². The molecule has 1 atom stereocenters. The summed E-state index contributed by atoms with van der Waals surface area (Å²) in [5.41, 5.74) is 1.39. The Bertz CT molecular complexity index is 1240. The van der Waals surface area contributed by atoms with E-state index in [2.05, 4.69) is 10.6 Å². The summed E-state index contributed by atoms with van der Waals surface area (Å²) >= 11 is 0. The minimum absolute atomic E-state index is 0.113. The second-order valence-electron chi connectivity index (χ2n) is 9.57. The maximum atomic E-state index is 13.3. The molecule has 10 heteroatoms. The van der Waals surface area contributed by atoms with Crippen molar-refractivity contribution in [2.24, 2.45) is 0 Å². The molecule has 2 aromatic carbocycles. The highest BCUT2D eigenvalue weighted by Gasteiger charge is 2.38. The van der Waals surface area contributed by atoms with Crippen LogP contribution in [0, 0.1) is 0 Å². The molecule has 3 N–H and O–H groups in total. The first-order chi connectivity index (χ1) is 17.4. The van der Waals surface area contributed by atoms with E-state index in [0.717, 1.165) is 17.7 Å². The van der Waals surface area contributed by atoms with Gasteiger partial charge in [-0.3, -0.25) is 4.79 Å². The lowest BCUT2D eigenvalue weighted by atomic mass is 9.83. The third-order valence-corrected chi connectivity index (χ3v) is 6.84. The average molecular weight is 518 g/mol. The molecule has 0 aromatic heterocycles. The highest BCUT2D eigenvalue weighted by Crippen LogP contribution is 2.45. The second-order valence-corrected chi connectivity index (χ2v) is 9.57. The van der Waals surface area contributed by atoms with Gasteiger partial charge in [-0.1, -0.05) is 26.0 Å². The maximum absolute atomic E-state index is 13.3. The maximum Gasteiger partial charge on any atom is 0.416 e. The fraction of sp³-hybridized carbons (Fsp3) is 0.407. The number of aliphatic hydroxyl groups is 1. The predicted octanol–water partition coefficient (Wildman–Crippen LogP) is 5.80. The van der Waals surface area contributed by atoms with Gasteiger partial charge in [0.15, 0.2) is 0 Å². The Labute approximate surface area is 213 Å². The molecular weight excluding hydrogens is 487 g/mol. The molecular formula is C27H30F3N3O4. The van der Waals surface area contributed by atoms with Gasteiger partial charge in [0.1, 0.15) is 11.4 Å². The number of fused-ring (bicyclic) bond motifs is 2. The summed E-state index contributed by atoms with van der Waals surface area (Å²) in [5.74, 6) is -0.330. The van der Waals surface area contributed by atoms with Gasteiger partial charge < -0.3 is 25.4 Å². The first kappa shape index (κ1) is 26.5. The van der Waals surface area contributed by atoms with Crippen molar-refractivity contribution < 1.29 is 32.6 Å². The standard InChI is InChI=1S/C27H30F3N3O4/c1-4-26(5-2)13-18(21-9-7-19(27(28,29)30)11-23(21)37-26)10-24(35)31-20-8-6-17-15-33(14-16(3)34)25(36)32-22(17)12-20/h6-12,16,34H,4-5,13-15H2,1-3H3,(H,31,35)(H,32,36)/t16-/m0/s1. The van der Waals surface area contributed by atoms with Gasteiger partial charge >= 0.3 is 12.2 Å². The summed E-state index contributed by atoms with van der Waals surface area (Å²) in [7, 11) is 0. The van der Waals surface area contributed by atoms with Crippen molar-refractivity contribution in [3.05, 3.63) is 59.2 Å². The molecule has 37 heavy (non-hydrogen) atoms. The number of aliphatic hydroxyl groups excluding tert-OH is 1. The number of hydrogen-bond acceptors (Lipinski definition) is 4. The van der Waals surface area contributed by atoms with Crippen LogP contribution in [0.25, 0.3) is 5.57 Å². The predicted molar refractivity (Wildman–Crippen MR) is 134 cm³/mol. The Balaban J connectivity index is 1.58. The Kier molecular flexibility index (Phi) is 7.23. The minimum Gasteiger partial charge on any atom is -0.486 e. The molecule has 0 bridgehead atoms. The quantitative estimate of drug-likeness (QED) is 0.423. The summed E-state index contributed by atoms with van der Waals surface area (Å²) in [4.78, 5) is 26.8. The van der Waals surface area contributed by atoms with E-state index in [9.17, 15) is 27.9 Å². The number of nitrogens with one attached hydrogen (secondary N) is 2. The topological polar surface area (TPSA) is 90.9 Å². The number of benzene rings is 2. The van der Waals surface area contributed by atoms with E-state index in [0.29, 0.717) is 48.3 Å². The summed E-state index contributed by atoms with van der Waals surface area (Å²) in [6.07, 6.45) is -2.26. The molecule has 2 aromatic rings. The Morgan fingerprint density at radius 2 is 1.97 bits per heavy atom. The number of β-amino-alcohol motifs (C(OH)–C–C–N with tert-alkyl or cyclic N) is 1. The van der Waals surface area contributed by atoms with Gasteiger partial charge in [0.05, 0.1) is 11.7 Å².